The molecular formula is C18H12F4N4OS. The van der Waals surface area contributed by atoms with Crippen molar-refractivity contribution in [2.24, 2.45) is 0 Å². The Morgan fingerprint density at radius 2 is 2.00 bits per heavy atom. The van der Waals surface area contributed by atoms with Gasteiger partial charge in [0.05, 0.1) is 17.1 Å². The first-order valence-electron chi connectivity index (χ1n) is 7.93. The largest absolute Gasteiger partial charge is 0.335 e. The molecule has 0 saturated heterocycles. The highest BCUT2D eigenvalue weighted by atomic mass is 32.2. The van der Waals surface area contributed by atoms with E-state index in [9.17, 15) is 27.6 Å². The Kier molecular flexibility index (Phi) is 5.84. The van der Waals surface area contributed by atoms with Gasteiger partial charge in [-0.15, -0.1) is 0 Å². The van der Waals surface area contributed by atoms with Crippen LogP contribution in [0.25, 0.3) is 11.0 Å². The number of carbonyl (C=O) groups excluding carboxylic acids is 1. The van der Waals surface area contributed by atoms with Crippen LogP contribution in [-0.4, -0.2) is 21.2 Å². The number of imidazole rings is 1. The van der Waals surface area contributed by atoms with Crippen LogP contribution >= 0.6 is 11.8 Å². The van der Waals surface area contributed by atoms with E-state index in [1.807, 2.05) is 0 Å². The van der Waals surface area contributed by atoms with Crippen LogP contribution in [0.2, 0.25) is 0 Å². The van der Waals surface area contributed by atoms with E-state index in [0.717, 1.165) is 12.1 Å². The molecule has 1 N–H and O–H groups in total. The summed E-state index contributed by atoms with van der Waals surface area (Å²) in [7, 11) is 0. The van der Waals surface area contributed by atoms with Gasteiger partial charge in [0.15, 0.2) is 5.16 Å². The fourth-order valence-electron chi connectivity index (χ4n) is 2.64. The maximum absolute atomic E-state index is 13.9. The molecule has 1 amide bonds. The lowest BCUT2D eigenvalue weighted by Gasteiger charge is -2.14. The summed E-state index contributed by atoms with van der Waals surface area (Å²) in [6.45, 7) is -0.406. The zero-order valence-corrected chi connectivity index (χ0v) is 14.9. The van der Waals surface area contributed by atoms with Crippen molar-refractivity contribution < 1.29 is 22.4 Å². The second kappa shape index (κ2) is 8.31. The highest BCUT2D eigenvalue weighted by Crippen LogP contribution is 2.28. The Balaban J connectivity index is 1.85. The van der Waals surface area contributed by atoms with Crippen LogP contribution in [0.5, 0.6) is 0 Å². The molecule has 0 aliphatic heterocycles. The summed E-state index contributed by atoms with van der Waals surface area (Å²) in [5, 5.41) is 11.5. The lowest BCUT2D eigenvalue weighted by molar-refractivity contribution is -0.122. The van der Waals surface area contributed by atoms with Crippen molar-refractivity contribution in [3.63, 3.8) is 0 Å². The number of fused-ring (bicyclic) bond motifs is 1. The monoisotopic (exact) mass is 408 g/mol. The minimum absolute atomic E-state index is 0.0622. The zero-order valence-electron chi connectivity index (χ0n) is 14.1. The van der Waals surface area contributed by atoms with Crippen LogP contribution in [0.3, 0.4) is 0 Å². The number of benzene rings is 2. The van der Waals surface area contributed by atoms with E-state index in [-0.39, 0.29) is 22.5 Å². The molecule has 28 heavy (non-hydrogen) atoms. The van der Waals surface area contributed by atoms with Gasteiger partial charge in [0.25, 0.3) is 5.76 Å². The molecule has 0 aliphatic carbocycles. The number of thioether (sulfide) groups is 1. The number of hydrogen-bond donors (Lipinski definition) is 1. The first kappa shape index (κ1) is 19.7. The molecule has 1 atom stereocenters. The maximum Gasteiger partial charge on any atom is 0.291 e. The van der Waals surface area contributed by atoms with Crippen LogP contribution in [0.1, 0.15) is 11.6 Å². The standard InChI is InChI=1S/C18H12F4N4OS/c19-10-5-6-11(12(20)7-10)14(8-23)24-16(27)9-26-15-4-2-1-3-13(15)25-18(26)28-17(21)22/h1-7,14,17H,9H2,(H,24,27). The van der Waals surface area contributed by atoms with Gasteiger partial charge in [-0.1, -0.05) is 18.2 Å². The molecule has 0 bridgehead atoms. The number of hydrogen-bond acceptors (Lipinski definition) is 4. The molecule has 5 nitrogen and oxygen atoms in total. The van der Waals surface area contributed by atoms with Crippen molar-refractivity contribution in [2.45, 2.75) is 23.5 Å². The third kappa shape index (κ3) is 4.26. The smallest absolute Gasteiger partial charge is 0.291 e. The Morgan fingerprint density at radius 3 is 2.68 bits per heavy atom. The van der Waals surface area contributed by atoms with Gasteiger partial charge in [0, 0.05) is 11.6 Å². The molecule has 0 spiro atoms. The molecule has 0 aliphatic rings. The predicted molar refractivity (Wildman–Crippen MR) is 94.4 cm³/mol. The summed E-state index contributed by atoms with van der Waals surface area (Å²) >= 11 is 0.190. The van der Waals surface area contributed by atoms with Crippen molar-refractivity contribution in [3.05, 3.63) is 59.7 Å². The summed E-state index contributed by atoms with van der Waals surface area (Å²) in [5.41, 5.74) is 0.692. The van der Waals surface area contributed by atoms with Gasteiger partial charge in [-0.3, -0.25) is 4.79 Å². The van der Waals surface area contributed by atoms with Crippen LogP contribution in [-0.2, 0) is 11.3 Å². The number of amides is 1. The maximum atomic E-state index is 13.9. The van der Waals surface area contributed by atoms with Gasteiger partial charge >= 0.3 is 0 Å². The zero-order chi connectivity index (χ0) is 20.3. The Hall–Kier alpha value is -3.06. The summed E-state index contributed by atoms with van der Waals surface area (Å²) < 4.78 is 53.9. The second-order valence-electron chi connectivity index (χ2n) is 5.64. The number of para-hydroxylation sites is 2. The summed E-state index contributed by atoms with van der Waals surface area (Å²) in [6, 6.07) is 9.57. The van der Waals surface area contributed by atoms with Gasteiger partial charge in [0.2, 0.25) is 5.91 Å². The Bertz CT molecular complexity index is 1060. The van der Waals surface area contributed by atoms with Crippen molar-refractivity contribution in [1.29, 1.82) is 5.26 Å². The van der Waals surface area contributed by atoms with Gasteiger partial charge in [-0.05, 0) is 30.0 Å². The topological polar surface area (TPSA) is 70.7 Å². The number of aromatic nitrogens is 2. The first-order chi connectivity index (χ1) is 13.4. The molecule has 3 rings (SSSR count). The molecule has 3 aromatic rings. The quantitative estimate of drug-likeness (QED) is 0.494. The van der Waals surface area contributed by atoms with E-state index in [0.29, 0.717) is 17.1 Å². The lowest BCUT2D eigenvalue weighted by atomic mass is 10.1. The molecule has 1 aromatic heterocycles. The van der Waals surface area contributed by atoms with Crippen LogP contribution in [0.4, 0.5) is 17.6 Å². The summed E-state index contributed by atoms with van der Waals surface area (Å²) in [6.07, 6.45) is 0. The van der Waals surface area contributed by atoms with E-state index in [1.54, 1.807) is 30.3 Å². The third-order valence-electron chi connectivity index (χ3n) is 3.82. The lowest BCUT2D eigenvalue weighted by Crippen LogP contribution is -2.31. The van der Waals surface area contributed by atoms with Gasteiger partial charge in [0.1, 0.15) is 24.2 Å². The molecular weight excluding hydrogens is 396 g/mol. The average molecular weight is 408 g/mol. The van der Waals surface area contributed by atoms with Crippen molar-refractivity contribution in [2.75, 3.05) is 0 Å². The molecule has 144 valence electrons. The van der Waals surface area contributed by atoms with E-state index in [4.69, 9.17) is 0 Å². The number of nitriles is 1. The number of alkyl halides is 2. The SMILES string of the molecule is N#CC(NC(=O)Cn1c(SC(F)F)nc2ccccc21)c1ccc(F)cc1F. The first-order valence-corrected chi connectivity index (χ1v) is 8.81. The third-order valence-corrected chi connectivity index (χ3v) is 4.52. The molecule has 10 heteroatoms. The highest BCUT2D eigenvalue weighted by molar-refractivity contribution is 7.99. The number of nitrogens with zero attached hydrogens (tertiary/aromatic N) is 3. The minimum Gasteiger partial charge on any atom is -0.335 e. The fourth-order valence-corrected chi connectivity index (χ4v) is 3.24. The van der Waals surface area contributed by atoms with Gasteiger partial charge in [-0.25, -0.2) is 13.8 Å². The Labute approximate surface area is 161 Å². The molecule has 0 saturated carbocycles. The highest BCUT2D eigenvalue weighted by Gasteiger charge is 2.21. The predicted octanol–water partition coefficient (Wildman–Crippen LogP) is 4.01. The van der Waals surface area contributed by atoms with Crippen molar-refractivity contribution in [1.82, 2.24) is 14.9 Å². The van der Waals surface area contributed by atoms with E-state index < -0.39 is 35.9 Å². The van der Waals surface area contributed by atoms with E-state index in [1.165, 1.54) is 4.57 Å². The molecule has 1 unspecified atom stereocenters. The molecule has 0 radical (unpaired) electrons. The second-order valence-corrected chi connectivity index (χ2v) is 6.60. The number of rotatable bonds is 6. The van der Waals surface area contributed by atoms with Crippen molar-refractivity contribution >= 4 is 28.7 Å². The summed E-state index contributed by atoms with van der Waals surface area (Å²) in [5.74, 6) is -5.25. The van der Waals surface area contributed by atoms with Crippen molar-refractivity contribution in [3.8, 4) is 6.07 Å². The number of halogens is 4. The fraction of sp³-hybridized carbons (Fsp3) is 0.167. The molecule has 0 fully saturated rings. The molecule has 1 heterocycles. The number of nitrogens with one attached hydrogen (secondary N) is 1. The van der Waals surface area contributed by atoms with Gasteiger partial charge < -0.3 is 9.88 Å². The van der Waals surface area contributed by atoms with Crippen LogP contribution in [0, 0.1) is 23.0 Å². The van der Waals surface area contributed by atoms with Crippen LogP contribution < -0.4 is 5.32 Å². The Morgan fingerprint density at radius 1 is 1.25 bits per heavy atom. The van der Waals surface area contributed by atoms with Crippen LogP contribution in [0.15, 0.2) is 47.6 Å². The normalized spacial score (nSPS) is 12.1. The van der Waals surface area contributed by atoms with Gasteiger partial charge in [-0.2, -0.15) is 14.0 Å². The molecule has 2 aromatic carbocycles. The number of carbonyl (C=O) groups is 1. The van der Waals surface area contributed by atoms with E-state index in [2.05, 4.69) is 10.3 Å². The minimum atomic E-state index is -2.74. The van der Waals surface area contributed by atoms with E-state index >= 15 is 0 Å². The average Bonchev–Trinajstić information content (AvgIpc) is 2.97. The summed E-state index contributed by atoms with van der Waals surface area (Å²) in [4.78, 5) is 16.5.